The number of hydrogen-bond acceptors (Lipinski definition) is 2. The van der Waals surface area contributed by atoms with Gasteiger partial charge in [-0.3, -0.25) is 4.79 Å². The number of amides is 1. The Morgan fingerprint density at radius 3 is 2.52 bits per heavy atom. The summed E-state index contributed by atoms with van der Waals surface area (Å²) in [5.41, 5.74) is 4.23. The molecule has 0 spiro atoms. The minimum absolute atomic E-state index is 0.00568. The van der Waals surface area contributed by atoms with E-state index >= 15 is 0 Å². The third-order valence-corrected chi connectivity index (χ3v) is 4.24. The molecule has 2 aromatic rings. The van der Waals surface area contributed by atoms with Gasteiger partial charge in [0.2, 0.25) is 0 Å². The lowest BCUT2D eigenvalue weighted by molar-refractivity contribution is -0.118. The quantitative estimate of drug-likeness (QED) is 0.778. The number of aryl methyl sites for hydroxylation is 2. The average molecular weight is 376 g/mol. The Hall–Kier alpha value is -1.81. The van der Waals surface area contributed by atoms with Gasteiger partial charge in [0.15, 0.2) is 6.61 Å². The first kappa shape index (κ1) is 17.5. The van der Waals surface area contributed by atoms with Crippen LogP contribution in [0.2, 0.25) is 0 Å². The molecule has 0 saturated heterocycles. The minimum atomic E-state index is -0.161. The predicted molar refractivity (Wildman–Crippen MR) is 98.3 cm³/mol. The zero-order valence-corrected chi connectivity index (χ0v) is 15.5. The Morgan fingerprint density at radius 1 is 1.13 bits per heavy atom. The van der Waals surface area contributed by atoms with Crippen LogP contribution in [0, 0.1) is 13.8 Å². The van der Waals surface area contributed by atoms with Crippen molar-refractivity contribution in [2.24, 2.45) is 0 Å². The molecule has 122 valence electrons. The van der Waals surface area contributed by atoms with E-state index in [1.54, 1.807) is 0 Å². The lowest BCUT2D eigenvalue weighted by atomic mass is 10.0. The second-order valence-corrected chi connectivity index (χ2v) is 6.89. The Kier molecular flexibility index (Phi) is 5.83. The normalized spacial score (nSPS) is 10.7. The van der Waals surface area contributed by atoms with E-state index in [-0.39, 0.29) is 12.5 Å². The number of anilines is 1. The molecule has 23 heavy (non-hydrogen) atoms. The highest BCUT2D eigenvalue weighted by atomic mass is 79.9. The van der Waals surface area contributed by atoms with Crippen LogP contribution in [0.1, 0.15) is 36.5 Å². The number of nitrogens with one attached hydrogen (secondary N) is 1. The molecule has 0 saturated carbocycles. The van der Waals surface area contributed by atoms with Crippen LogP contribution in [0.5, 0.6) is 5.75 Å². The van der Waals surface area contributed by atoms with Crippen LogP contribution in [0.15, 0.2) is 40.9 Å². The van der Waals surface area contributed by atoms with Crippen molar-refractivity contribution in [3.05, 3.63) is 57.6 Å². The number of hydrogen-bond donors (Lipinski definition) is 1. The van der Waals surface area contributed by atoms with E-state index in [0.29, 0.717) is 5.92 Å². The lowest BCUT2D eigenvalue weighted by Crippen LogP contribution is -2.20. The van der Waals surface area contributed by atoms with E-state index < -0.39 is 0 Å². The number of halogens is 1. The molecule has 3 nitrogen and oxygen atoms in total. The first-order valence-corrected chi connectivity index (χ1v) is 8.45. The van der Waals surface area contributed by atoms with Gasteiger partial charge in [0.1, 0.15) is 5.75 Å². The van der Waals surface area contributed by atoms with Crippen molar-refractivity contribution >= 4 is 27.5 Å². The molecular formula is C19H22BrNO2. The van der Waals surface area contributed by atoms with Gasteiger partial charge in [0.05, 0.1) is 0 Å². The monoisotopic (exact) mass is 375 g/mol. The maximum atomic E-state index is 12.1. The summed E-state index contributed by atoms with van der Waals surface area (Å²) in [6, 6.07) is 11.7. The van der Waals surface area contributed by atoms with E-state index in [1.165, 1.54) is 5.56 Å². The van der Waals surface area contributed by atoms with Crippen LogP contribution < -0.4 is 10.1 Å². The van der Waals surface area contributed by atoms with Gasteiger partial charge in [-0.25, -0.2) is 0 Å². The summed E-state index contributed by atoms with van der Waals surface area (Å²) in [6.45, 7) is 8.27. The fourth-order valence-corrected chi connectivity index (χ4v) is 2.64. The van der Waals surface area contributed by atoms with Crippen LogP contribution >= 0.6 is 15.9 Å². The summed E-state index contributed by atoms with van der Waals surface area (Å²) in [4.78, 5) is 12.1. The third-order valence-electron chi connectivity index (χ3n) is 3.74. The molecule has 0 fully saturated rings. The van der Waals surface area contributed by atoms with E-state index in [4.69, 9.17) is 4.74 Å². The number of carbonyl (C=O) groups is 1. The molecular weight excluding hydrogens is 354 g/mol. The van der Waals surface area contributed by atoms with Gasteiger partial charge in [-0.1, -0.05) is 35.8 Å². The van der Waals surface area contributed by atoms with Crippen LogP contribution in [-0.4, -0.2) is 12.5 Å². The van der Waals surface area contributed by atoms with Gasteiger partial charge in [0, 0.05) is 10.2 Å². The molecule has 0 aliphatic carbocycles. The van der Waals surface area contributed by atoms with Crippen molar-refractivity contribution < 1.29 is 9.53 Å². The van der Waals surface area contributed by atoms with Crippen molar-refractivity contribution in [2.45, 2.75) is 33.6 Å². The Bertz CT molecular complexity index is 711. The van der Waals surface area contributed by atoms with Crippen LogP contribution in [0.25, 0.3) is 0 Å². The van der Waals surface area contributed by atoms with E-state index in [1.807, 2.05) is 50.2 Å². The average Bonchev–Trinajstić information content (AvgIpc) is 2.49. The summed E-state index contributed by atoms with van der Waals surface area (Å²) in [7, 11) is 0. The predicted octanol–water partition coefficient (Wildman–Crippen LogP) is 5.21. The van der Waals surface area contributed by atoms with Crippen LogP contribution in [-0.2, 0) is 4.79 Å². The number of benzene rings is 2. The SMILES string of the molecule is Cc1ccc(NC(=O)COc2ccc(Br)cc2C(C)C)cc1C. The van der Waals surface area contributed by atoms with Gasteiger partial charge in [-0.05, 0) is 66.8 Å². The standard InChI is InChI=1S/C19H22BrNO2/c1-12(2)17-10-15(20)6-8-18(17)23-11-19(22)21-16-7-5-13(3)14(4)9-16/h5-10,12H,11H2,1-4H3,(H,21,22). The highest BCUT2D eigenvalue weighted by molar-refractivity contribution is 9.10. The smallest absolute Gasteiger partial charge is 0.262 e. The van der Waals surface area contributed by atoms with E-state index in [2.05, 4.69) is 35.1 Å². The number of ether oxygens (including phenoxy) is 1. The molecule has 0 heterocycles. The molecule has 0 aliphatic heterocycles. The first-order chi connectivity index (χ1) is 10.9. The molecule has 4 heteroatoms. The molecule has 0 aromatic heterocycles. The third kappa shape index (κ3) is 4.83. The molecule has 2 rings (SSSR count). The van der Waals surface area contributed by atoms with Gasteiger partial charge >= 0.3 is 0 Å². The summed E-state index contributed by atoms with van der Waals surface area (Å²) in [5, 5.41) is 2.87. The van der Waals surface area contributed by atoms with Crippen molar-refractivity contribution in [2.75, 3.05) is 11.9 Å². The van der Waals surface area contributed by atoms with Crippen LogP contribution in [0.3, 0.4) is 0 Å². The zero-order chi connectivity index (χ0) is 17.0. The summed E-state index contributed by atoms with van der Waals surface area (Å²) in [6.07, 6.45) is 0. The fraction of sp³-hybridized carbons (Fsp3) is 0.316. The maximum Gasteiger partial charge on any atom is 0.262 e. The lowest BCUT2D eigenvalue weighted by Gasteiger charge is -2.14. The molecule has 1 amide bonds. The second-order valence-electron chi connectivity index (χ2n) is 5.97. The highest BCUT2D eigenvalue weighted by Crippen LogP contribution is 2.29. The Labute approximate surface area is 146 Å². The number of carbonyl (C=O) groups excluding carboxylic acids is 1. The summed E-state index contributed by atoms with van der Waals surface area (Å²) < 4.78 is 6.72. The first-order valence-electron chi connectivity index (χ1n) is 7.66. The molecule has 0 atom stereocenters. The minimum Gasteiger partial charge on any atom is -0.483 e. The van der Waals surface area contributed by atoms with E-state index in [9.17, 15) is 4.79 Å². The van der Waals surface area contributed by atoms with Gasteiger partial charge in [-0.2, -0.15) is 0 Å². The van der Waals surface area contributed by atoms with Crippen molar-refractivity contribution in [3.8, 4) is 5.75 Å². The molecule has 0 bridgehead atoms. The van der Waals surface area contributed by atoms with Gasteiger partial charge in [-0.15, -0.1) is 0 Å². The largest absolute Gasteiger partial charge is 0.483 e. The highest BCUT2D eigenvalue weighted by Gasteiger charge is 2.11. The second kappa shape index (κ2) is 7.64. The Morgan fingerprint density at radius 2 is 1.87 bits per heavy atom. The maximum absolute atomic E-state index is 12.1. The molecule has 1 N–H and O–H groups in total. The Balaban J connectivity index is 2.00. The van der Waals surface area contributed by atoms with Crippen molar-refractivity contribution in [1.82, 2.24) is 0 Å². The van der Waals surface area contributed by atoms with Crippen molar-refractivity contribution in [1.29, 1.82) is 0 Å². The van der Waals surface area contributed by atoms with Crippen LogP contribution in [0.4, 0.5) is 5.69 Å². The van der Waals surface area contributed by atoms with Gasteiger partial charge < -0.3 is 10.1 Å². The fourth-order valence-electron chi connectivity index (χ4n) is 2.26. The zero-order valence-electron chi connectivity index (χ0n) is 13.9. The molecule has 2 aromatic carbocycles. The summed E-state index contributed by atoms with van der Waals surface area (Å²) >= 11 is 3.47. The molecule has 0 radical (unpaired) electrons. The topological polar surface area (TPSA) is 38.3 Å². The van der Waals surface area contributed by atoms with E-state index in [0.717, 1.165) is 27.0 Å². The molecule has 0 unspecified atom stereocenters. The number of rotatable bonds is 5. The van der Waals surface area contributed by atoms with Gasteiger partial charge in [0.25, 0.3) is 5.91 Å². The summed E-state index contributed by atoms with van der Waals surface area (Å²) in [5.74, 6) is 0.912. The molecule has 0 aliphatic rings. The van der Waals surface area contributed by atoms with Crippen molar-refractivity contribution in [3.63, 3.8) is 0 Å².